The minimum absolute atomic E-state index is 0.454. The van der Waals surface area contributed by atoms with Gasteiger partial charge in [-0.1, -0.05) is 17.6 Å². The van der Waals surface area contributed by atoms with Crippen LogP contribution in [0, 0.1) is 0 Å². The highest BCUT2D eigenvalue weighted by Crippen LogP contribution is 2.49. The first-order valence-electron chi connectivity index (χ1n) is 7.15. The minimum Gasteiger partial charge on any atom is -0.272 e. The van der Waals surface area contributed by atoms with Crippen LogP contribution in [0.2, 0.25) is 0 Å². The van der Waals surface area contributed by atoms with Gasteiger partial charge in [0, 0.05) is 16.5 Å². The van der Waals surface area contributed by atoms with Crippen LogP contribution in [-0.2, 0) is 14.8 Å². The number of hydrogen-bond acceptors (Lipinski definition) is 5. The molecule has 1 aliphatic rings. The third kappa shape index (κ3) is 3.38. The van der Waals surface area contributed by atoms with Gasteiger partial charge >= 0.3 is 0 Å². The molecular weight excluding hydrogens is 331 g/mol. The van der Waals surface area contributed by atoms with E-state index >= 15 is 0 Å². The number of carbonyl (C=O) groups excluding carboxylic acids is 1. The number of nitrogens with zero attached hydrogens (tertiary/aromatic N) is 1. The molecule has 0 atom stereocenters. The second-order valence-electron chi connectivity index (χ2n) is 5.74. The van der Waals surface area contributed by atoms with E-state index in [0.717, 1.165) is 28.5 Å². The first-order valence-corrected chi connectivity index (χ1v) is 9.85. The van der Waals surface area contributed by atoms with Crippen molar-refractivity contribution in [3.63, 3.8) is 0 Å². The fourth-order valence-corrected chi connectivity index (χ4v) is 4.63. The van der Waals surface area contributed by atoms with Crippen molar-refractivity contribution in [1.82, 2.24) is 9.71 Å². The third-order valence-electron chi connectivity index (χ3n) is 3.88. The molecule has 1 fully saturated rings. The number of rotatable bonds is 4. The first kappa shape index (κ1) is 16.3. The van der Waals surface area contributed by atoms with E-state index in [1.807, 2.05) is 18.2 Å². The van der Waals surface area contributed by atoms with Gasteiger partial charge < -0.3 is 0 Å². The normalized spacial score (nSPS) is 16.7. The number of nitrogens with one attached hydrogen (secondary N) is 1. The summed E-state index contributed by atoms with van der Waals surface area (Å²) in [5.41, 5.74) is 1.41. The van der Waals surface area contributed by atoms with Crippen LogP contribution < -0.4 is 10.2 Å². The van der Waals surface area contributed by atoms with Gasteiger partial charge in [0.25, 0.3) is 0 Å². The highest BCUT2D eigenvalue weighted by molar-refractivity contribution is 8.01. The Bertz CT molecular complexity index is 879. The number of fused-ring (bicyclic) bond motifs is 1. The Balaban J connectivity index is 1.96. The van der Waals surface area contributed by atoms with Gasteiger partial charge in [-0.3, -0.25) is 14.5 Å². The Hall–Kier alpha value is -1.54. The van der Waals surface area contributed by atoms with Crippen LogP contribution in [0.1, 0.15) is 19.3 Å². The number of pyridine rings is 1. The fraction of sp³-hybridized carbons (Fsp3) is 0.333. The molecule has 118 valence electrons. The standard InChI is InChI=1S/C15H15BN2O3S2/c1-23(20,21)18-14(19)15(6-2-7-15)22-13-5-8-17-12-4-3-10(16)9-11(12)13/h3-5,8-9H,2,6-7H2,1H3,(H,18,19). The molecule has 1 amide bonds. The first-order chi connectivity index (χ1) is 10.8. The maximum Gasteiger partial charge on any atom is 0.250 e. The van der Waals surface area contributed by atoms with E-state index < -0.39 is 20.7 Å². The predicted molar refractivity (Wildman–Crippen MR) is 92.6 cm³/mol. The number of amides is 1. The number of sulfonamides is 1. The Morgan fingerprint density at radius 2 is 2.09 bits per heavy atom. The summed E-state index contributed by atoms with van der Waals surface area (Å²) >= 11 is 1.39. The van der Waals surface area contributed by atoms with E-state index in [0.29, 0.717) is 18.3 Å². The van der Waals surface area contributed by atoms with Gasteiger partial charge in [-0.2, -0.15) is 0 Å². The van der Waals surface area contributed by atoms with Crippen molar-refractivity contribution in [3.8, 4) is 0 Å². The van der Waals surface area contributed by atoms with Crippen LogP contribution in [0.4, 0.5) is 0 Å². The summed E-state index contributed by atoms with van der Waals surface area (Å²) in [5, 5.41) is 0.871. The quantitative estimate of drug-likeness (QED) is 0.840. The van der Waals surface area contributed by atoms with Crippen molar-refractivity contribution in [2.75, 3.05) is 6.26 Å². The van der Waals surface area contributed by atoms with Crippen molar-refractivity contribution in [1.29, 1.82) is 0 Å². The number of thioether (sulfide) groups is 1. The SMILES string of the molecule is [B]c1ccc2nccc(SC3(C(=O)NS(C)(=O)=O)CCC3)c2c1. The lowest BCUT2D eigenvalue weighted by Gasteiger charge is -2.39. The van der Waals surface area contributed by atoms with Crippen LogP contribution >= 0.6 is 11.8 Å². The van der Waals surface area contributed by atoms with Crippen LogP contribution in [0.25, 0.3) is 10.9 Å². The van der Waals surface area contributed by atoms with E-state index in [-0.39, 0.29) is 0 Å². The molecule has 1 N–H and O–H groups in total. The molecule has 0 aliphatic heterocycles. The van der Waals surface area contributed by atoms with Crippen LogP contribution in [-0.4, -0.2) is 38.2 Å². The van der Waals surface area contributed by atoms with Gasteiger partial charge in [0.15, 0.2) is 0 Å². The largest absolute Gasteiger partial charge is 0.272 e. The molecule has 2 aromatic rings. The van der Waals surface area contributed by atoms with Crippen LogP contribution in [0.3, 0.4) is 0 Å². The summed E-state index contributed by atoms with van der Waals surface area (Å²) in [6.45, 7) is 0. The van der Waals surface area contributed by atoms with E-state index in [2.05, 4.69) is 9.71 Å². The van der Waals surface area contributed by atoms with E-state index in [1.165, 1.54) is 11.8 Å². The molecule has 0 saturated heterocycles. The van der Waals surface area contributed by atoms with Gasteiger partial charge in [-0.25, -0.2) is 8.42 Å². The van der Waals surface area contributed by atoms with E-state index in [1.54, 1.807) is 12.3 Å². The minimum atomic E-state index is -3.57. The fourth-order valence-electron chi connectivity index (χ4n) is 2.57. The average molecular weight is 346 g/mol. The van der Waals surface area contributed by atoms with E-state index in [9.17, 15) is 13.2 Å². The molecule has 23 heavy (non-hydrogen) atoms. The monoisotopic (exact) mass is 346 g/mol. The molecule has 1 aliphatic carbocycles. The molecular formula is C15H15BN2O3S2. The molecule has 1 aromatic heterocycles. The third-order valence-corrected chi connectivity index (χ3v) is 6.00. The number of aromatic nitrogens is 1. The van der Waals surface area contributed by atoms with Gasteiger partial charge in [0.1, 0.15) is 12.6 Å². The molecule has 0 unspecified atom stereocenters. The van der Waals surface area contributed by atoms with Gasteiger partial charge in [0.2, 0.25) is 15.9 Å². The zero-order valence-electron chi connectivity index (χ0n) is 12.6. The van der Waals surface area contributed by atoms with Gasteiger partial charge in [-0.05, 0) is 31.4 Å². The average Bonchev–Trinajstić information content (AvgIpc) is 2.41. The van der Waals surface area contributed by atoms with Gasteiger partial charge in [0.05, 0.1) is 11.8 Å². The smallest absolute Gasteiger partial charge is 0.250 e. The maximum atomic E-state index is 12.4. The lowest BCUT2D eigenvalue weighted by molar-refractivity contribution is -0.123. The molecule has 5 nitrogen and oxygen atoms in total. The van der Waals surface area contributed by atoms with E-state index in [4.69, 9.17) is 7.85 Å². The second kappa shape index (κ2) is 5.83. The van der Waals surface area contributed by atoms with Gasteiger partial charge in [-0.15, -0.1) is 11.8 Å². The number of benzene rings is 1. The molecule has 1 saturated carbocycles. The molecule has 1 heterocycles. The second-order valence-corrected chi connectivity index (χ2v) is 8.91. The molecule has 3 rings (SSSR count). The van der Waals surface area contributed by atoms with Crippen molar-refractivity contribution in [2.45, 2.75) is 28.9 Å². The Morgan fingerprint density at radius 3 is 2.70 bits per heavy atom. The maximum absolute atomic E-state index is 12.4. The Kier molecular flexibility index (Phi) is 4.14. The molecule has 1 aromatic carbocycles. The molecule has 2 radical (unpaired) electrons. The predicted octanol–water partition coefficient (Wildman–Crippen LogP) is 1.12. The Labute approximate surface area is 140 Å². The summed E-state index contributed by atoms with van der Waals surface area (Å²) in [4.78, 5) is 17.6. The molecule has 8 heteroatoms. The summed E-state index contributed by atoms with van der Waals surface area (Å²) in [7, 11) is 2.28. The topological polar surface area (TPSA) is 76.1 Å². The molecule has 0 spiro atoms. The number of carbonyl (C=O) groups is 1. The van der Waals surface area contributed by atoms with Crippen LogP contribution in [0.15, 0.2) is 35.4 Å². The van der Waals surface area contributed by atoms with Crippen molar-refractivity contribution in [3.05, 3.63) is 30.5 Å². The Morgan fingerprint density at radius 1 is 1.35 bits per heavy atom. The summed E-state index contributed by atoms with van der Waals surface area (Å²) in [6.07, 6.45) is 4.86. The zero-order valence-corrected chi connectivity index (χ0v) is 14.2. The highest BCUT2D eigenvalue weighted by Gasteiger charge is 2.46. The number of hydrogen-bond donors (Lipinski definition) is 1. The highest BCUT2D eigenvalue weighted by atomic mass is 32.2. The lowest BCUT2D eigenvalue weighted by Crippen LogP contribution is -2.50. The van der Waals surface area contributed by atoms with Crippen molar-refractivity contribution < 1.29 is 13.2 Å². The lowest BCUT2D eigenvalue weighted by atomic mass is 9.84. The zero-order chi connectivity index (χ0) is 16.7. The van der Waals surface area contributed by atoms with Crippen molar-refractivity contribution in [2.24, 2.45) is 0 Å². The van der Waals surface area contributed by atoms with Crippen molar-refractivity contribution >= 4 is 51.9 Å². The summed E-state index contributed by atoms with van der Waals surface area (Å²) in [6, 6.07) is 7.27. The van der Waals surface area contributed by atoms with Crippen LogP contribution in [0.5, 0.6) is 0 Å². The molecule has 0 bridgehead atoms. The summed E-state index contributed by atoms with van der Waals surface area (Å²) in [5.74, 6) is -0.454. The summed E-state index contributed by atoms with van der Waals surface area (Å²) < 4.78 is 24.1.